The Labute approximate surface area is 98.9 Å². The van der Waals surface area contributed by atoms with E-state index in [0.717, 1.165) is 12.0 Å². The van der Waals surface area contributed by atoms with Crippen LogP contribution in [0.4, 0.5) is 13.2 Å². The summed E-state index contributed by atoms with van der Waals surface area (Å²) in [5, 5.41) is 0. The summed E-state index contributed by atoms with van der Waals surface area (Å²) in [6.45, 7) is 6.29. The number of hydrogen-bond acceptors (Lipinski definition) is 1. The summed E-state index contributed by atoms with van der Waals surface area (Å²) in [6.07, 6.45) is -1.60. The van der Waals surface area contributed by atoms with E-state index in [1.807, 2.05) is 0 Å². The molecule has 17 heavy (non-hydrogen) atoms. The van der Waals surface area contributed by atoms with Crippen molar-refractivity contribution in [2.24, 2.45) is 5.41 Å². The van der Waals surface area contributed by atoms with Gasteiger partial charge in [-0.3, -0.25) is 0 Å². The minimum Gasteiger partial charge on any atom is -0.428 e. The van der Waals surface area contributed by atoms with Crippen LogP contribution >= 0.6 is 0 Å². The third kappa shape index (κ3) is 4.93. The highest BCUT2D eigenvalue weighted by Gasteiger charge is 2.12. The van der Waals surface area contributed by atoms with Crippen molar-refractivity contribution in [1.82, 2.24) is 0 Å². The maximum absolute atomic E-state index is 12.5. The van der Waals surface area contributed by atoms with Crippen LogP contribution in [-0.4, -0.2) is 0 Å². The number of hydrogen-bond donors (Lipinski definition) is 0. The van der Waals surface area contributed by atoms with Gasteiger partial charge in [0.1, 0.15) is 5.75 Å². The maximum atomic E-state index is 12.5. The second-order valence-electron chi connectivity index (χ2n) is 5.02. The van der Waals surface area contributed by atoms with Crippen molar-refractivity contribution in [3.05, 3.63) is 41.9 Å². The third-order valence-corrected chi connectivity index (χ3v) is 2.01. The molecule has 0 unspecified atom stereocenters. The van der Waals surface area contributed by atoms with Crippen LogP contribution in [0, 0.1) is 5.41 Å². The normalized spacial score (nSPS) is 11.2. The van der Waals surface area contributed by atoms with Crippen LogP contribution in [0.2, 0.25) is 0 Å². The van der Waals surface area contributed by atoms with Crippen LogP contribution < -0.4 is 4.74 Å². The highest BCUT2D eigenvalue weighted by atomic mass is 19.3. The molecular weight excluding hydrogens is 229 g/mol. The van der Waals surface area contributed by atoms with Crippen molar-refractivity contribution < 1.29 is 17.9 Å². The minimum absolute atomic E-state index is 0.0629. The quantitative estimate of drug-likeness (QED) is 0.701. The monoisotopic (exact) mass is 244 g/mol. The van der Waals surface area contributed by atoms with Crippen molar-refractivity contribution in [1.29, 1.82) is 0 Å². The third-order valence-electron chi connectivity index (χ3n) is 2.01. The maximum Gasteiger partial charge on any atom is 0.344 e. The van der Waals surface area contributed by atoms with Gasteiger partial charge < -0.3 is 4.74 Å². The highest BCUT2D eigenvalue weighted by Crippen LogP contribution is 2.23. The van der Waals surface area contributed by atoms with Crippen molar-refractivity contribution in [3.8, 4) is 5.75 Å². The van der Waals surface area contributed by atoms with Crippen molar-refractivity contribution in [2.75, 3.05) is 0 Å². The number of rotatable bonds is 3. The molecule has 0 bridgehead atoms. The summed E-state index contributed by atoms with van der Waals surface area (Å²) in [5.74, 6) is 0.0629. The first-order valence-corrected chi connectivity index (χ1v) is 5.25. The Hall–Kier alpha value is -1.45. The Morgan fingerprint density at radius 3 is 2.00 bits per heavy atom. The molecule has 0 spiro atoms. The standard InChI is InChI=1S/C13H15F3O/c1-13(2,3)8-9-4-6-10(7-5-9)17-12(16)11(14)15/h4-7H,8H2,1-3H3. The Balaban J connectivity index is 2.72. The van der Waals surface area contributed by atoms with Crippen LogP contribution in [0.5, 0.6) is 5.75 Å². The van der Waals surface area contributed by atoms with Crippen molar-refractivity contribution in [3.63, 3.8) is 0 Å². The first-order chi connectivity index (χ1) is 7.78. The summed E-state index contributed by atoms with van der Waals surface area (Å²) in [4.78, 5) is 0. The SMILES string of the molecule is CC(C)(C)Cc1ccc(OC(F)=C(F)F)cc1. The lowest BCUT2D eigenvalue weighted by molar-refractivity contribution is 0.241. The summed E-state index contributed by atoms with van der Waals surface area (Å²) in [6, 6.07) is 4.58. The molecule has 0 aromatic heterocycles. The molecule has 0 atom stereocenters. The van der Waals surface area contributed by atoms with E-state index in [2.05, 4.69) is 25.5 Å². The van der Waals surface area contributed by atoms with E-state index in [-0.39, 0.29) is 11.2 Å². The van der Waals surface area contributed by atoms with Gasteiger partial charge in [0, 0.05) is 0 Å². The van der Waals surface area contributed by atoms with E-state index in [1.165, 1.54) is 12.1 Å². The lowest BCUT2D eigenvalue weighted by Crippen LogP contribution is -2.08. The van der Waals surface area contributed by atoms with Gasteiger partial charge in [-0.15, -0.1) is 0 Å². The van der Waals surface area contributed by atoms with Crippen LogP contribution in [0.25, 0.3) is 0 Å². The van der Waals surface area contributed by atoms with Gasteiger partial charge in [0.2, 0.25) is 0 Å². The van der Waals surface area contributed by atoms with E-state index in [4.69, 9.17) is 0 Å². The Morgan fingerprint density at radius 2 is 1.59 bits per heavy atom. The van der Waals surface area contributed by atoms with Gasteiger partial charge in [-0.2, -0.15) is 13.2 Å². The van der Waals surface area contributed by atoms with Crippen molar-refractivity contribution in [2.45, 2.75) is 27.2 Å². The number of halogens is 3. The molecule has 0 amide bonds. The first-order valence-electron chi connectivity index (χ1n) is 5.25. The van der Waals surface area contributed by atoms with E-state index >= 15 is 0 Å². The average molecular weight is 244 g/mol. The molecule has 94 valence electrons. The summed E-state index contributed by atoms with van der Waals surface area (Å²) in [7, 11) is 0. The highest BCUT2D eigenvalue weighted by molar-refractivity contribution is 5.28. The molecule has 0 heterocycles. The zero-order valence-electron chi connectivity index (χ0n) is 10.1. The van der Waals surface area contributed by atoms with Gasteiger partial charge in [0.15, 0.2) is 0 Å². The molecule has 0 radical (unpaired) electrons. The Morgan fingerprint density at radius 1 is 1.06 bits per heavy atom. The summed E-state index contributed by atoms with van der Waals surface area (Å²) >= 11 is 0. The van der Waals surface area contributed by atoms with Gasteiger partial charge in [-0.25, -0.2) is 0 Å². The molecule has 0 aliphatic rings. The molecule has 1 nitrogen and oxygen atoms in total. The molecule has 1 aromatic carbocycles. The van der Waals surface area contributed by atoms with E-state index in [1.54, 1.807) is 12.1 Å². The minimum atomic E-state index is -2.45. The van der Waals surface area contributed by atoms with E-state index < -0.39 is 12.1 Å². The molecule has 0 saturated carbocycles. The summed E-state index contributed by atoms with van der Waals surface area (Å²) in [5.41, 5.74) is 1.19. The van der Waals surface area contributed by atoms with Gasteiger partial charge in [-0.05, 0) is 29.5 Å². The van der Waals surface area contributed by atoms with Gasteiger partial charge in [0.05, 0.1) is 0 Å². The molecular formula is C13H15F3O. The average Bonchev–Trinajstić information content (AvgIpc) is 2.18. The molecule has 0 N–H and O–H groups in total. The van der Waals surface area contributed by atoms with Crippen LogP contribution in [0.3, 0.4) is 0 Å². The Bertz CT molecular complexity index is 398. The fourth-order valence-corrected chi connectivity index (χ4v) is 1.43. The van der Waals surface area contributed by atoms with E-state index in [9.17, 15) is 13.2 Å². The zero-order chi connectivity index (χ0) is 13.1. The molecule has 0 aliphatic carbocycles. The molecule has 1 rings (SSSR count). The number of benzene rings is 1. The molecule has 0 aliphatic heterocycles. The van der Waals surface area contributed by atoms with E-state index in [0.29, 0.717) is 0 Å². The van der Waals surface area contributed by atoms with Crippen LogP contribution in [0.1, 0.15) is 26.3 Å². The lowest BCUT2D eigenvalue weighted by atomic mass is 9.88. The second-order valence-corrected chi connectivity index (χ2v) is 5.02. The fourth-order valence-electron chi connectivity index (χ4n) is 1.43. The predicted molar refractivity (Wildman–Crippen MR) is 60.6 cm³/mol. The molecule has 0 saturated heterocycles. The van der Waals surface area contributed by atoms with Crippen molar-refractivity contribution >= 4 is 0 Å². The zero-order valence-corrected chi connectivity index (χ0v) is 10.1. The van der Waals surface area contributed by atoms with Crippen LogP contribution in [0.15, 0.2) is 36.4 Å². The lowest BCUT2D eigenvalue weighted by Gasteiger charge is -2.18. The second kappa shape index (κ2) is 5.25. The predicted octanol–water partition coefficient (Wildman–Crippen LogP) is 4.69. The first kappa shape index (κ1) is 13.6. The summed E-state index contributed by atoms with van der Waals surface area (Å²) < 4.78 is 40.4. The number of ether oxygens (including phenoxy) is 1. The van der Waals surface area contributed by atoms with Gasteiger partial charge in [0.25, 0.3) is 0 Å². The molecule has 4 heteroatoms. The van der Waals surface area contributed by atoms with Gasteiger partial charge >= 0.3 is 12.1 Å². The largest absolute Gasteiger partial charge is 0.428 e. The smallest absolute Gasteiger partial charge is 0.344 e. The fraction of sp³-hybridized carbons (Fsp3) is 0.385. The van der Waals surface area contributed by atoms with Gasteiger partial charge in [-0.1, -0.05) is 32.9 Å². The topological polar surface area (TPSA) is 9.23 Å². The van der Waals surface area contributed by atoms with Crippen LogP contribution in [-0.2, 0) is 6.42 Å². The Kier molecular flexibility index (Phi) is 4.21. The molecule has 1 aromatic rings. The molecule has 0 fully saturated rings.